The summed E-state index contributed by atoms with van der Waals surface area (Å²) in [7, 11) is 2.01. The third kappa shape index (κ3) is 3.36. The number of hydrogen-bond acceptors (Lipinski definition) is 4. The highest BCUT2D eigenvalue weighted by atomic mass is 16.3. The number of aromatic nitrogens is 2. The molecule has 2 heterocycles. The second-order valence-electron chi connectivity index (χ2n) is 6.96. The third-order valence-corrected chi connectivity index (χ3v) is 5.60. The smallest absolute Gasteiger partial charge is 0.0537 e. The topological polar surface area (TPSA) is 44.5 Å². The van der Waals surface area contributed by atoms with E-state index < -0.39 is 0 Å². The lowest BCUT2D eigenvalue weighted by Crippen LogP contribution is -2.56. The van der Waals surface area contributed by atoms with Crippen LogP contribution in [0.3, 0.4) is 0 Å². The highest BCUT2D eigenvalue weighted by molar-refractivity contribution is 5.15. The van der Waals surface area contributed by atoms with Crippen LogP contribution >= 0.6 is 0 Å². The van der Waals surface area contributed by atoms with Crippen LogP contribution in [0.4, 0.5) is 0 Å². The maximum Gasteiger partial charge on any atom is 0.0537 e. The fourth-order valence-corrected chi connectivity index (χ4v) is 4.14. The largest absolute Gasteiger partial charge is 0.396 e. The minimum atomic E-state index is 0.299. The van der Waals surface area contributed by atoms with Crippen molar-refractivity contribution in [1.29, 1.82) is 0 Å². The van der Waals surface area contributed by atoms with Gasteiger partial charge in [0.2, 0.25) is 0 Å². The lowest BCUT2D eigenvalue weighted by Gasteiger charge is -2.44. The van der Waals surface area contributed by atoms with E-state index in [1.54, 1.807) is 0 Å². The van der Waals surface area contributed by atoms with E-state index in [-0.39, 0.29) is 0 Å². The van der Waals surface area contributed by atoms with Crippen molar-refractivity contribution in [2.24, 2.45) is 7.05 Å². The zero-order valence-corrected chi connectivity index (χ0v) is 14.0. The van der Waals surface area contributed by atoms with Gasteiger partial charge >= 0.3 is 0 Å². The molecule has 0 aromatic carbocycles. The average Bonchev–Trinajstić information content (AvgIpc) is 3.14. The van der Waals surface area contributed by atoms with Crippen molar-refractivity contribution >= 4 is 0 Å². The van der Waals surface area contributed by atoms with Gasteiger partial charge in [-0.15, -0.1) is 0 Å². The first-order valence-electron chi connectivity index (χ1n) is 8.75. The maximum absolute atomic E-state index is 9.44. The third-order valence-electron chi connectivity index (χ3n) is 5.60. The predicted molar refractivity (Wildman–Crippen MR) is 87.7 cm³/mol. The summed E-state index contributed by atoms with van der Waals surface area (Å²) >= 11 is 0. The van der Waals surface area contributed by atoms with Gasteiger partial charge in [-0.1, -0.05) is 12.8 Å². The molecule has 0 amide bonds. The van der Waals surface area contributed by atoms with Crippen molar-refractivity contribution in [3.8, 4) is 0 Å². The van der Waals surface area contributed by atoms with Crippen LogP contribution in [0.25, 0.3) is 0 Å². The molecule has 2 aliphatic rings. The number of hydrogen-bond donors (Lipinski definition) is 1. The van der Waals surface area contributed by atoms with Crippen LogP contribution in [0.2, 0.25) is 0 Å². The van der Waals surface area contributed by atoms with Gasteiger partial charge in [-0.05, 0) is 26.2 Å². The van der Waals surface area contributed by atoms with Crippen LogP contribution in [0, 0.1) is 6.92 Å². The van der Waals surface area contributed by atoms with Crippen molar-refractivity contribution in [1.82, 2.24) is 19.6 Å². The van der Waals surface area contributed by atoms with E-state index in [0.717, 1.165) is 38.6 Å². The van der Waals surface area contributed by atoms with Gasteiger partial charge < -0.3 is 5.11 Å². The molecule has 1 atom stereocenters. The predicted octanol–water partition coefficient (Wildman–Crippen LogP) is 1.54. The summed E-state index contributed by atoms with van der Waals surface area (Å²) in [5, 5.41) is 13.8. The number of nitrogens with zero attached hydrogens (tertiary/aromatic N) is 4. The average molecular weight is 306 g/mol. The number of piperazine rings is 1. The Balaban J connectivity index is 1.63. The molecule has 1 aliphatic carbocycles. The lowest BCUT2D eigenvalue weighted by atomic mass is 10.0. The van der Waals surface area contributed by atoms with Gasteiger partial charge in [0, 0.05) is 63.2 Å². The van der Waals surface area contributed by atoms with Crippen molar-refractivity contribution < 1.29 is 5.11 Å². The Labute approximate surface area is 133 Å². The van der Waals surface area contributed by atoms with E-state index in [4.69, 9.17) is 0 Å². The minimum absolute atomic E-state index is 0.299. The molecule has 22 heavy (non-hydrogen) atoms. The summed E-state index contributed by atoms with van der Waals surface area (Å²) < 4.78 is 1.95. The Bertz CT molecular complexity index is 481. The van der Waals surface area contributed by atoms with Crippen LogP contribution in [-0.4, -0.2) is 63.0 Å². The molecule has 0 spiro atoms. The Morgan fingerprint density at radius 3 is 2.68 bits per heavy atom. The normalized spacial score (nSPS) is 25.1. The molecule has 2 fully saturated rings. The van der Waals surface area contributed by atoms with E-state index >= 15 is 0 Å². The number of aliphatic hydroxyl groups excluding tert-OH is 1. The second kappa shape index (κ2) is 7.11. The van der Waals surface area contributed by atoms with Crippen LogP contribution < -0.4 is 0 Å². The molecule has 5 heteroatoms. The molecule has 0 bridgehead atoms. The highest BCUT2D eigenvalue weighted by Crippen LogP contribution is 2.28. The van der Waals surface area contributed by atoms with Gasteiger partial charge in [0.25, 0.3) is 0 Å². The zero-order valence-electron chi connectivity index (χ0n) is 14.0. The maximum atomic E-state index is 9.44. The van der Waals surface area contributed by atoms with E-state index in [1.807, 2.05) is 17.9 Å². The quantitative estimate of drug-likeness (QED) is 0.896. The minimum Gasteiger partial charge on any atom is -0.396 e. The molecule has 5 nitrogen and oxygen atoms in total. The van der Waals surface area contributed by atoms with Crippen LogP contribution in [0.15, 0.2) is 6.20 Å². The molecule has 1 N–H and O–H groups in total. The molecular formula is C17H30N4O. The lowest BCUT2D eigenvalue weighted by molar-refractivity contribution is 0.0266. The fourth-order valence-electron chi connectivity index (χ4n) is 4.14. The summed E-state index contributed by atoms with van der Waals surface area (Å²) in [6, 6.07) is 1.28. The van der Waals surface area contributed by atoms with Gasteiger partial charge in [0.15, 0.2) is 0 Å². The standard InChI is InChI=1S/C17H30N4O/c1-14-15(11-18-19(14)2)12-20-8-9-21(16-5-3-4-6-16)17(13-20)7-10-22/h11,16-17,22H,3-10,12-13H2,1-2H3/t17-/m0/s1. The molecule has 3 rings (SSSR count). The van der Waals surface area contributed by atoms with E-state index in [9.17, 15) is 5.11 Å². The Kier molecular flexibility index (Phi) is 5.16. The van der Waals surface area contributed by atoms with E-state index in [0.29, 0.717) is 12.6 Å². The Morgan fingerprint density at radius 1 is 1.27 bits per heavy atom. The molecule has 1 aromatic rings. The number of aliphatic hydroxyl groups is 1. The second-order valence-corrected chi connectivity index (χ2v) is 6.96. The van der Waals surface area contributed by atoms with Crippen molar-refractivity contribution in [3.63, 3.8) is 0 Å². The van der Waals surface area contributed by atoms with Crippen molar-refractivity contribution in [3.05, 3.63) is 17.5 Å². The van der Waals surface area contributed by atoms with Crippen LogP contribution in [0.5, 0.6) is 0 Å². The summed E-state index contributed by atoms with van der Waals surface area (Å²) in [6.45, 7) is 6.78. The highest BCUT2D eigenvalue weighted by Gasteiger charge is 2.33. The van der Waals surface area contributed by atoms with Gasteiger partial charge in [0.1, 0.15) is 0 Å². The number of aryl methyl sites for hydroxylation is 1. The molecular weight excluding hydrogens is 276 g/mol. The molecule has 1 aliphatic heterocycles. The van der Waals surface area contributed by atoms with E-state index in [2.05, 4.69) is 21.8 Å². The van der Waals surface area contributed by atoms with Gasteiger partial charge in [-0.2, -0.15) is 5.10 Å². The Morgan fingerprint density at radius 2 is 2.05 bits per heavy atom. The summed E-state index contributed by atoms with van der Waals surface area (Å²) in [5.74, 6) is 0. The molecule has 1 saturated carbocycles. The summed E-state index contributed by atoms with van der Waals surface area (Å²) in [4.78, 5) is 5.23. The van der Waals surface area contributed by atoms with Crippen molar-refractivity contribution in [2.75, 3.05) is 26.2 Å². The van der Waals surface area contributed by atoms with Crippen molar-refractivity contribution in [2.45, 2.75) is 57.7 Å². The van der Waals surface area contributed by atoms with Crippen LogP contribution in [-0.2, 0) is 13.6 Å². The number of rotatable bonds is 5. The molecule has 0 radical (unpaired) electrons. The Hall–Kier alpha value is -0.910. The fraction of sp³-hybridized carbons (Fsp3) is 0.824. The monoisotopic (exact) mass is 306 g/mol. The van der Waals surface area contributed by atoms with Gasteiger partial charge in [-0.25, -0.2) is 0 Å². The molecule has 1 aromatic heterocycles. The first kappa shape index (κ1) is 16.0. The van der Waals surface area contributed by atoms with E-state index in [1.165, 1.54) is 36.9 Å². The zero-order chi connectivity index (χ0) is 15.5. The molecule has 0 unspecified atom stereocenters. The SMILES string of the molecule is Cc1c(CN2CCN(C3CCCC3)[C@@H](CCO)C2)cnn1C. The summed E-state index contributed by atoms with van der Waals surface area (Å²) in [5.41, 5.74) is 2.59. The molecule has 1 saturated heterocycles. The van der Waals surface area contributed by atoms with Gasteiger partial charge in [-0.3, -0.25) is 14.5 Å². The summed E-state index contributed by atoms with van der Waals surface area (Å²) in [6.07, 6.45) is 8.36. The first-order chi connectivity index (χ1) is 10.7. The van der Waals surface area contributed by atoms with Gasteiger partial charge in [0.05, 0.1) is 6.20 Å². The first-order valence-corrected chi connectivity index (χ1v) is 8.75. The van der Waals surface area contributed by atoms with Crippen LogP contribution in [0.1, 0.15) is 43.4 Å². The molecule has 124 valence electrons.